The van der Waals surface area contributed by atoms with E-state index in [4.69, 9.17) is 0 Å². The molecule has 2 aromatic carbocycles. The normalized spacial score (nSPS) is 11.6. The molecule has 0 atom stereocenters. The fraction of sp³-hybridized carbons (Fsp3) is 0.250. The molecule has 0 saturated heterocycles. The van der Waals surface area contributed by atoms with E-state index in [1.807, 2.05) is 6.92 Å². The van der Waals surface area contributed by atoms with Crippen LogP contribution in [0.3, 0.4) is 0 Å². The van der Waals surface area contributed by atoms with Crippen molar-refractivity contribution in [3.63, 3.8) is 0 Å². The number of aryl methyl sites for hydroxylation is 1. The van der Waals surface area contributed by atoms with Crippen molar-refractivity contribution in [1.82, 2.24) is 24.8 Å². The third kappa shape index (κ3) is 6.36. The summed E-state index contributed by atoms with van der Waals surface area (Å²) in [4.78, 5) is 16.5. The van der Waals surface area contributed by atoms with E-state index >= 15 is 0 Å². The Kier molecular flexibility index (Phi) is 7.77. The van der Waals surface area contributed by atoms with E-state index in [9.17, 15) is 17.6 Å². The molecule has 1 heterocycles. The number of H-pyrrole nitrogens is 1. The fourth-order valence-electron chi connectivity index (χ4n) is 2.72. The van der Waals surface area contributed by atoms with Crippen molar-refractivity contribution in [3.05, 3.63) is 71.8 Å². The number of nitrogens with one attached hydrogen (secondary N) is 2. The minimum absolute atomic E-state index is 0.0446. The Balaban J connectivity index is 1.71. The zero-order chi connectivity index (χ0) is 22.3. The molecule has 0 saturated carbocycles. The van der Waals surface area contributed by atoms with E-state index in [0.717, 1.165) is 9.87 Å². The lowest BCUT2D eigenvalue weighted by Gasteiger charge is -2.22. The van der Waals surface area contributed by atoms with E-state index in [1.54, 1.807) is 18.2 Å². The maximum atomic E-state index is 14.2. The second kappa shape index (κ2) is 10.5. The van der Waals surface area contributed by atoms with Gasteiger partial charge in [-0.1, -0.05) is 47.7 Å². The first-order valence-corrected chi connectivity index (χ1v) is 11.8. The number of amides is 1. The van der Waals surface area contributed by atoms with E-state index in [0.29, 0.717) is 17.5 Å². The van der Waals surface area contributed by atoms with Gasteiger partial charge in [0.25, 0.3) is 0 Å². The van der Waals surface area contributed by atoms with E-state index in [1.165, 1.54) is 48.4 Å². The van der Waals surface area contributed by atoms with Gasteiger partial charge in [0.15, 0.2) is 5.16 Å². The second-order valence-electron chi connectivity index (χ2n) is 6.67. The Bertz CT molecular complexity index is 1110. The highest BCUT2D eigenvalue weighted by Crippen LogP contribution is 2.20. The third-order valence-electron chi connectivity index (χ3n) is 4.34. The quantitative estimate of drug-likeness (QED) is 0.353. The van der Waals surface area contributed by atoms with Gasteiger partial charge in [-0.3, -0.25) is 9.89 Å². The Hall–Kier alpha value is -2.76. The summed E-state index contributed by atoms with van der Waals surface area (Å²) in [7, 11) is -4.02. The van der Waals surface area contributed by atoms with Crippen LogP contribution in [-0.2, 0) is 21.4 Å². The number of hydrogen-bond acceptors (Lipinski definition) is 6. The first-order valence-electron chi connectivity index (χ1n) is 9.41. The number of thioether (sulfide) groups is 1. The zero-order valence-corrected chi connectivity index (χ0v) is 18.4. The molecule has 1 amide bonds. The van der Waals surface area contributed by atoms with Gasteiger partial charge in [-0.15, -0.1) is 0 Å². The highest BCUT2D eigenvalue weighted by molar-refractivity contribution is 7.99. The van der Waals surface area contributed by atoms with Gasteiger partial charge in [-0.2, -0.15) is 9.40 Å². The summed E-state index contributed by atoms with van der Waals surface area (Å²) in [6.07, 6.45) is 1.39. The lowest BCUT2D eigenvalue weighted by molar-refractivity contribution is -0.121. The van der Waals surface area contributed by atoms with E-state index < -0.39 is 28.3 Å². The number of rotatable bonds is 10. The van der Waals surface area contributed by atoms with Crippen LogP contribution < -0.4 is 5.32 Å². The zero-order valence-electron chi connectivity index (χ0n) is 16.8. The number of carbonyl (C=O) groups is 1. The molecule has 0 bridgehead atoms. The number of aromatic nitrogens is 3. The van der Waals surface area contributed by atoms with Gasteiger partial charge >= 0.3 is 0 Å². The molecule has 2 N–H and O–H groups in total. The minimum Gasteiger partial charge on any atom is -0.354 e. The predicted octanol–water partition coefficient (Wildman–Crippen LogP) is 2.35. The summed E-state index contributed by atoms with van der Waals surface area (Å²) in [5, 5.41) is 9.74. The largest absolute Gasteiger partial charge is 0.354 e. The molecule has 164 valence electrons. The van der Waals surface area contributed by atoms with E-state index in [2.05, 4.69) is 20.5 Å². The van der Waals surface area contributed by atoms with Gasteiger partial charge in [0, 0.05) is 24.4 Å². The van der Waals surface area contributed by atoms with Crippen LogP contribution in [0.1, 0.15) is 11.1 Å². The average Bonchev–Trinajstić information content (AvgIpc) is 3.26. The highest BCUT2D eigenvalue weighted by Gasteiger charge is 2.27. The Morgan fingerprint density at radius 2 is 1.94 bits per heavy atom. The highest BCUT2D eigenvalue weighted by atomic mass is 32.2. The van der Waals surface area contributed by atoms with Crippen LogP contribution in [0.4, 0.5) is 4.39 Å². The van der Waals surface area contributed by atoms with Crippen LogP contribution in [0.5, 0.6) is 0 Å². The number of sulfonamides is 1. The maximum Gasteiger partial charge on any atom is 0.243 e. The molecule has 0 fully saturated rings. The minimum atomic E-state index is -4.02. The van der Waals surface area contributed by atoms with Crippen LogP contribution in [0.25, 0.3) is 0 Å². The van der Waals surface area contributed by atoms with E-state index in [-0.39, 0.29) is 17.0 Å². The SMILES string of the molecule is Cc1ccc(S(=O)(=O)N(CC(=O)NCCSc2ncn[nH]2)Cc2ccccc2F)cc1. The van der Waals surface area contributed by atoms with Crippen LogP contribution in [0.2, 0.25) is 0 Å². The van der Waals surface area contributed by atoms with Crippen LogP contribution in [0, 0.1) is 12.7 Å². The molecule has 8 nitrogen and oxygen atoms in total. The van der Waals surface area contributed by atoms with Gasteiger partial charge in [-0.25, -0.2) is 17.8 Å². The number of benzene rings is 2. The smallest absolute Gasteiger partial charge is 0.243 e. The van der Waals surface area contributed by atoms with Crippen molar-refractivity contribution in [2.45, 2.75) is 23.5 Å². The molecular formula is C20H22FN5O3S2. The predicted molar refractivity (Wildman–Crippen MR) is 115 cm³/mol. The third-order valence-corrected chi connectivity index (χ3v) is 7.02. The monoisotopic (exact) mass is 463 g/mol. The van der Waals surface area contributed by atoms with Crippen molar-refractivity contribution in [2.24, 2.45) is 0 Å². The summed E-state index contributed by atoms with van der Waals surface area (Å²) < 4.78 is 41.5. The standard InChI is InChI=1S/C20H22FN5O3S2/c1-15-6-8-17(9-7-15)31(28,29)26(12-16-4-2-3-5-18(16)21)13-19(27)22-10-11-30-20-23-14-24-25-20/h2-9,14H,10-13H2,1H3,(H,22,27)(H,23,24,25). The Morgan fingerprint density at radius 3 is 2.61 bits per heavy atom. The molecule has 0 aliphatic rings. The number of hydrogen-bond donors (Lipinski definition) is 2. The van der Waals surface area contributed by atoms with Crippen LogP contribution in [0.15, 0.2) is 64.9 Å². The second-order valence-corrected chi connectivity index (χ2v) is 9.69. The van der Waals surface area contributed by atoms with Crippen LogP contribution >= 0.6 is 11.8 Å². The van der Waals surface area contributed by atoms with Gasteiger partial charge < -0.3 is 5.32 Å². The van der Waals surface area contributed by atoms with Gasteiger partial charge in [0.1, 0.15) is 12.1 Å². The average molecular weight is 464 g/mol. The van der Waals surface area contributed by atoms with Crippen molar-refractivity contribution >= 4 is 27.7 Å². The number of nitrogens with zero attached hydrogens (tertiary/aromatic N) is 3. The first-order chi connectivity index (χ1) is 14.9. The first kappa shape index (κ1) is 22.9. The topological polar surface area (TPSA) is 108 Å². The van der Waals surface area contributed by atoms with Gasteiger partial charge in [0.05, 0.1) is 11.4 Å². The Morgan fingerprint density at radius 1 is 1.19 bits per heavy atom. The molecule has 0 unspecified atom stereocenters. The van der Waals surface area contributed by atoms with Crippen molar-refractivity contribution < 1.29 is 17.6 Å². The van der Waals surface area contributed by atoms with Crippen molar-refractivity contribution in [2.75, 3.05) is 18.8 Å². The molecular weight excluding hydrogens is 441 g/mol. The summed E-state index contributed by atoms with van der Waals surface area (Å²) in [6, 6.07) is 12.2. The molecule has 0 aliphatic carbocycles. The molecule has 3 rings (SSSR count). The van der Waals surface area contributed by atoms with Gasteiger partial charge in [0.2, 0.25) is 15.9 Å². The van der Waals surface area contributed by atoms with Gasteiger partial charge in [-0.05, 0) is 25.1 Å². The number of halogens is 1. The molecule has 0 aliphatic heterocycles. The summed E-state index contributed by atoms with van der Waals surface area (Å²) in [5.74, 6) is -0.487. The maximum absolute atomic E-state index is 14.2. The molecule has 31 heavy (non-hydrogen) atoms. The fourth-order valence-corrected chi connectivity index (χ4v) is 4.73. The van der Waals surface area contributed by atoms with Crippen molar-refractivity contribution in [1.29, 1.82) is 0 Å². The molecule has 0 radical (unpaired) electrons. The summed E-state index contributed by atoms with van der Waals surface area (Å²) in [5.41, 5.74) is 1.09. The molecule has 1 aromatic heterocycles. The molecule has 11 heteroatoms. The Labute approximate surface area is 184 Å². The number of aromatic amines is 1. The lowest BCUT2D eigenvalue weighted by Crippen LogP contribution is -2.41. The molecule has 0 spiro atoms. The molecule has 3 aromatic rings. The lowest BCUT2D eigenvalue weighted by atomic mass is 10.2. The van der Waals surface area contributed by atoms with Crippen LogP contribution in [-0.4, -0.2) is 52.7 Å². The summed E-state index contributed by atoms with van der Waals surface area (Å²) in [6.45, 7) is 1.46. The van der Waals surface area contributed by atoms with Crippen molar-refractivity contribution in [3.8, 4) is 0 Å². The summed E-state index contributed by atoms with van der Waals surface area (Å²) >= 11 is 1.37. The number of carbonyl (C=O) groups excluding carboxylic acids is 1.